The van der Waals surface area contributed by atoms with Crippen molar-refractivity contribution in [1.29, 1.82) is 0 Å². The largest absolute Gasteiger partial charge is 0.300 e. The Labute approximate surface area is 108 Å². The van der Waals surface area contributed by atoms with Crippen LogP contribution in [0.3, 0.4) is 0 Å². The fraction of sp³-hybridized carbons (Fsp3) is 0.538. The number of hydrogen-bond donors (Lipinski definition) is 0. The van der Waals surface area contributed by atoms with Crippen LogP contribution in [0.2, 0.25) is 0 Å². The lowest BCUT2D eigenvalue weighted by molar-refractivity contribution is 0.216. The summed E-state index contributed by atoms with van der Waals surface area (Å²) in [5.74, 6) is 0. The molecule has 2 saturated heterocycles. The third-order valence-electron chi connectivity index (χ3n) is 4.09. The molecule has 0 aliphatic carbocycles. The van der Waals surface area contributed by atoms with Gasteiger partial charge in [0.05, 0.1) is 4.90 Å². The number of aryl methyl sites for hydroxylation is 1. The maximum absolute atomic E-state index is 12.5. The smallest absolute Gasteiger partial charge is 0.243 e. The molecule has 5 heteroatoms. The van der Waals surface area contributed by atoms with Crippen LogP contribution in [0.1, 0.15) is 12.0 Å². The maximum atomic E-state index is 12.5. The second kappa shape index (κ2) is 4.05. The molecule has 98 valence electrons. The van der Waals surface area contributed by atoms with Crippen LogP contribution in [0.4, 0.5) is 0 Å². The summed E-state index contributed by atoms with van der Waals surface area (Å²) >= 11 is 0. The summed E-state index contributed by atoms with van der Waals surface area (Å²) in [6.07, 6.45) is 0.974. The first-order valence-corrected chi connectivity index (χ1v) is 7.71. The fourth-order valence-electron chi connectivity index (χ4n) is 2.97. The van der Waals surface area contributed by atoms with E-state index < -0.39 is 10.0 Å². The van der Waals surface area contributed by atoms with Gasteiger partial charge < -0.3 is 4.90 Å². The summed E-state index contributed by atoms with van der Waals surface area (Å²) in [4.78, 5) is 2.68. The zero-order valence-corrected chi connectivity index (χ0v) is 11.5. The number of piperazine rings is 1. The minimum Gasteiger partial charge on any atom is -0.300 e. The van der Waals surface area contributed by atoms with Gasteiger partial charge in [-0.3, -0.25) is 0 Å². The summed E-state index contributed by atoms with van der Waals surface area (Å²) in [6, 6.07) is 7.68. The van der Waals surface area contributed by atoms with Crippen molar-refractivity contribution in [2.75, 3.05) is 20.1 Å². The third kappa shape index (κ3) is 1.77. The zero-order chi connectivity index (χ0) is 12.9. The molecule has 2 atom stereocenters. The van der Waals surface area contributed by atoms with Crippen molar-refractivity contribution in [3.63, 3.8) is 0 Å². The lowest BCUT2D eigenvalue weighted by Gasteiger charge is -2.31. The van der Waals surface area contributed by atoms with E-state index in [4.69, 9.17) is 0 Å². The van der Waals surface area contributed by atoms with Crippen LogP contribution in [0.5, 0.6) is 0 Å². The molecule has 0 aromatic heterocycles. The van der Waals surface area contributed by atoms with Crippen LogP contribution in [-0.4, -0.2) is 49.8 Å². The molecule has 4 nitrogen and oxygen atoms in total. The summed E-state index contributed by atoms with van der Waals surface area (Å²) in [7, 11) is -1.23. The molecule has 1 aromatic carbocycles. The SMILES string of the molecule is Cc1ccc(S(=O)(=O)N2C[C@H]3C[C@H]2CN3C)cc1. The molecular formula is C13H18N2O2S. The molecule has 2 aliphatic rings. The molecule has 2 aliphatic heterocycles. The molecule has 3 rings (SSSR count). The Morgan fingerprint density at radius 1 is 1.11 bits per heavy atom. The lowest BCUT2D eigenvalue weighted by Crippen LogP contribution is -2.47. The molecule has 2 fully saturated rings. The number of hydrogen-bond acceptors (Lipinski definition) is 3. The Hall–Kier alpha value is -0.910. The minimum absolute atomic E-state index is 0.159. The zero-order valence-electron chi connectivity index (χ0n) is 10.7. The summed E-state index contributed by atoms with van der Waals surface area (Å²) < 4.78 is 26.8. The van der Waals surface area contributed by atoms with Gasteiger partial charge in [0, 0.05) is 25.2 Å². The first-order valence-electron chi connectivity index (χ1n) is 6.27. The van der Waals surface area contributed by atoms with Crippen molar-refractivity contribution in [3.05, 3.63) is 29.8 Å². The number of likely N-dealkylation sites (tertiary alicyclic amines) is 1. The Balaban J connectivity index is 1.90. The summed E-state index contributed by atoms with van der Waals surface area (Å²) in [6.45, 7) is 3.45. The van der Waals surface area contributed by atoms with E-state index in [-0.39, 0.29) is 6.04 Å². The van der Waals surface area contributed by atoms with Gasteiger partial charge in [0.2, 0.25) is 10.0 Å². The highest BCUT2D eigenvalue weighted by Crippen LogP contribution is 2.33. The van der Waals surface area contributed by atoms with E-state index in [0.717, 1.165) is 18.5 Å². The molecule has 2 bridgehead atoms. The molecule has 2 heterocycles. The van der Waals surface area contributed by atoms with Crippen molar-refractivity contribution in [2.24, 2.45) is 0 Å². The number of nitrogens with zero attached hydrogens (tertiary/aromatic N) is 2. The van der Waals surface area contributed by atoms with Crippen molar-refractivity contribution in [1.82, 2.24) is 9.21 Å². The minimum atomic E-state index is -3.30. The molecule has 0 radical (unpaired) electrons. The first-order chi connectivity index (χ1) is 8.48. The van der Waals surface area contributed by atoms with Gasteiger partial charge in [0.1, 0.15) is 0 Å². The van der Waals surface area contributed by atoms with Crippen LogP contribution in [0.25, 0.3) is 0 Å². The fourth-order valence-corrected chi connectivity index (χ4v) is 4.63. The monoisotopic (exact) mass is 266 g/mol. The van der Waals surface area contributed by atoms with Crippen LogP contribution < -0.4 is 0 Å². The maximum Gasteiger partial charge on any atom is 0.243 e. The molecular weight excluding hydrogens is 248 g/mol. The van der Waals surface area contributed by atoms with Gasteiger partial charge in [-0.05, 0) is 32.5 Å². The highest BCUT2D eigenvalue weighted by atomic mass is 32.2. The molecule has 0 spiro atoms. The molecule has 1 aromatic rings. The Morgan fingerprint density at radius 2 is 1.78 bits per heavy atom. The lowest BCUT2D eigenvalue weighted by atomic mass is 10.2. The summed E-state index contributed by atoms with van der Waals surface area (Å²) in [5, 5.41) is 0. The van der Waals surface area contributed by atoms with Crippen molar-refractivity contribution >= 4 is 10.0 Å². The highest BCUT2D eigenvalue weighted by Gasteiger charge is 2.46. The Kier molecular flexibility index (Phi) is 2.73. The van der Waals surface area contributed by atoms with Crippen molar-refractivity contribution in [2.45, 2.75) is 30.3 Å². The van der Waals surface area contributed by atoms with Crippen LogP contribution in [-0.2, 0) is 10.0 Å². The van der Waals surface area contributed by atoms with Crippen LogP contribution in [0.15, 0.2) is 29.2 Å². The third-order valence-corrected chi connectivity index (χ3v) is 6.02. The second-order valence-corrected chi connectivity index (χ2v) is 7.26. The van der Waals surface area contributed by atoms with Gasteiger partial charge in [0.15, 0.2) is 0 Å². The van der Waals surface area contributed by atoms with Gasteiger partial charge in [-0.15, -0.1) is 0 Å². The van der Waals surface area contributed by atoms with Gasteiger partial charge in [-0.2, -0.15) is 4.31 Å². The van der Waals surface area contributed by atoms with E-state index in [1.807, 2.05) is 19.1 Å². The van der Waals surface area contributed by atoms with E-state index in [9.17, 15) is 8.42 Å². The van der Waals surface area contributed by atoms with Gasteiger partial charge in [-0.1, -0.05) is 17.7 Å². The number of fused-ring (bicyclic) bond motifs is 2. The van der Waals surface area contributed by atoms with Gasteiger partial charge in [0.25, 0.3) is 0 Å². The number of rotatable bonds is 2. The first kappa shape index (κ1) is 12.1. The normalized spacial score (nSPS) is 29.0. The van der Waals surface area contributed by atoms with Gasteiger partial charge in [-0.25, -0.2) is 8.42 Å². The van der Waals surface area contributed by atoms with Crippen LogP contribution >= 0.6 is 0 Å². The molecule has 0 saturated carbocycles. The molecule has 0 unspecified atom stereocenters. The van der Waals surface area contributed by atoms with E-state index >= 15 is 0 Å². The quantitative estimate of drug-likeness (QED) is 0.804. The molecule has 0 N–H and O–H groups in total. The van der Waals surface area contributed by atoms with E-state index in [1.54, 1.807) is 16.4 Å². The van der Waals surface area contributed by atoms with E-state index in [2.05, 4.69) is 11.9 Å². The van der Waals surface area contributed by atoms with Crippen LogP contribution in [0, 0.1) is 6.92 Å². The van der Waals surface area contributed by atoms with E-state index in [1.165, 1.54) is 0 Å². The number of likely N-dealkylation sites (N-methyl/N-ethyl adjacent to an activating group) is 1. The van der Waals surface area contributed by atoms with E-state index in [0.29, 0.717) is 17.5 Å². The summed E-state index contributed by atoms with van der Waals surface area (Å²) in [5.41, 5.74) is 1.08. The predicted molar refractivity (Wildman–Crippen MR) is 69.9 cm³/mol. The Bertz CT molecular complexity index is 551. The van der Waals surface area contributed by atoms with Gasteiger partial charge >= 0.3 is 0 Å². The Morgan fingerprint density at radius 3 is 2.28 bits per heavy atom. The second-order valence-electron chi connectivity index (χ2n) is 5.37. The molecule has 18 heavy (non-hydrogen) atoms. The highest BCUT2D eigenvalue weighted by molar-refractivity contribution is 7.89. The van der Waals surface area contributed by atoms with Crippen molar-refractivity contribution < 1.29 is 8.42 Å². The number of sulfonamides is 1. The van der Waals surface area contributed by atoms with Crippen molar-refractivity contribution in [3.8, 4) is 0 Å². The average molecular weight is 266 g/mol. The molecule has 0 amide bonds. The number of benzene rings is 1. The standard InChI is InChI=1S/C13H18N2O2S/c1-10-3-5-13(6-4-10)18(16,17)15-9-11-7-12(15)8-14(11)2/h3-6,11-12H,7-9H2,1-2H3/t11-,12+/m1/s1. The topological polar surface area (TPSA) is 40.6 Å². The predicted octanol–water partition coefficient (Wildman–Crippen LogP) is 1.07. The average Bonchev–Trinajstić information content (AvgIpc) is 2.88.